The first-order valence-electron chi connectivity index (χ1n) is 5.02. The average molecular weight is 268 g/mol. The molecule has 0 aliphatic carbocycles. The molecular formula is C10H15F3N2O3. The van der Waals surface area contributed by atoms with Crippen LogP contribution in [0.25, 0.3) is 0 Å². The molecule has 0 fully saturated rings. The van der Waals surface area contributed by atoms with Crippen molar-refractivity contribution in [2.45, 2.75) is 12.3 Å². The Labute approximate surface area is 103 Å². The Morgan fingerprint density at radius 3 is 2.67 bits per heavy atom. The minimum Gasteiger partial charge on any atom is -0.383 e. The van der Waals surface area contributed by atoms with Gasteiger partial charge in [-0.3, -0.25) is 0 Å². The van der Waals surface area contributed by atoms with Crippen LogP contribution in [0.3, 0.4) is 0 Å². The van der Waals surface area contributed by atoms with Gasteiger partial charge < -0.3 is 20.1 Å². The maximum absolute atomic E-state index is 12.2. The number of methoxy groups -OCH3 is 1. The van der Waals surface area contributed by atoms with Crippen molar-refractivity contribution in [2.24, 2.45) is 0 Å². The number of alkyl halides is 3. The maximum atomic E-state index is 12.2. The molecule has 0 rings (SSSR count). The second-order valence-corrected chi connectivity index (χ2v) is 3.36. The highest BCUT2D eigenvalue weighted by molar-refractivity contribution is 5.74. The third-order valence-electron chi connectivity index (χ3n) is 1.97. The zero-order valence-electron chi connectivity index (χ0n) is 9.83. The van der Waals surface area contributed by atoms with Crippen molar-refractivity contribution in [3.8, 4) is 12.3 Å². The zero-order chi connectivity index (χ0) is 14.2. The van der Waals surface area contributed by atoms with Crippen LogP contribution in [0.5, 0.6) is 0 Å². The molecule has 0 aliphatic heterocycles. The summed E-state index contributed by atoms with van der Waals surface area (Å²) in [6.45, 7) is -1.01. The van der Waals surface area contributed by atoms with Crippen molar-refractivity contribution < 1.29 is 27.8 Å². The molecule has 0 aromatic carbocycles. The van der Waals surface area contributed by atoms with Crippen LogP contribution in [0.15, 0.2) is 0 Å². The minimum absolute atomic E-state index is 0.0497. The number of terminal acetylenes is 1. The number of amides is 2. The standard InChI is InChI=1S/C10H15F3N2O3/c1-3-4-14-9(17)15(5-6-18-2)7-8(16)10(11,12)13/h1,8,16H,4-7H2,2H3,(H,14,17). The van der Waals surface area contributed by atoms with Crippen LogP contribution in [-0.2, 0) is 4.74 Å². The Bertz CT molecular complexity index is 302. The molecule has 0 bridgehead atoms. The predicted octanol–water partition coefficient (Wildman–Crippen LogP) is 0.201. The van der Waals surface area contributed by atoms with Crippen LogP contribution in [0.2, 0.25) is 0 Å². The van der Waals surface area contributed by atoms with E-state index in [9.17, 15) is 18.0 Å². The highest BCUT2D eigenvalue weighted by Gasteiger charge is 2.39. The van der Waals surface area contributed by atoms with Gasteiger partial charge in [0.25, 0.3) is 0 Å². The van der Waals surface area contributed by atoms with E-state index in [1.54, 1.807) is 0 Å². The number of hydrogen-bond acceptors (Lipinski definition) is 3. The number of carbonyl (C=O) groups is 1. The summed E-state index contributed by atoms with van der Waals surface area (Å²) < 4.78 is 41.2. The topological polar surface area (TPSA) is 61.8 Å². The summed E-state index contributed by atoms with van der Waals surface area (Å²) in [7, 11) is 1.34. The summed E-state index contributed by atoms with van der Waals surface area (Å²) in [6, 6.07) is -0.784. The molecule has 104 valence electrons. The van der Waals surface area contributed by atoms with Gasteiger partial charge in [0, 0.05) is 13.7 Å². The Balaban J connectivity index is 4.48. The molecule has 0 heterocycles. The predicted molar refractivity (Wildman–Crippen MR) is 57.7 cm³/mol. The number of aliphatic hydroxyl groups is 1. The van der Waals surface area contributed by atoms with Crippen molar-refractivity contribution in [3.63, 3.8) is 0 Å². The van der Waals surface area contributed by atoms with E-state index in [-0.39, 0.29) is 19.7 Å². The quantitative estimate of drug-likeness (QED) is 0.677. The first-order valence-corrected chi connectivity index (χ1v) is 5.02. The molecule has 18 heavy (non-hydrogen) atoms. The minimum atomic E-state index is -4.78. The second kappa shape index (κ2) is 7.79. The smallest absolute Gasteiger partial charge is 0.383 e. The summed E-state index contributed by atoms with van der Waals surface area (Å²) in [5.41, 5.74) is 0. The van der Waals surface area contributed by atoms with Gasteiger partial charge in [0.05, 0.1) is 19.7 Å². The van der Waals surface area contributed by atoms with E-state index in [4.69, 9.17) is 11.5 Å². The van der Waals surface area contributed by atoms with Gasteiger partial charge in [-0.2, -0.15) is 13.2 Å². The van der Waals surface area contributed by atoms with Crippen LogP contribution in [0.4, 0.5) is 18.0 Å². The Hall–Kier alpha value is -1.46. The largest absolute Gasteiger partial charge is 0.416 e. The summed E-state index contributed by atoms with van der Waals surface area (Å²) in [5, 5.41) is 11.1. The molecule has 0 spiro atoms. The highest BCUT2D eigenvalue weighted by Crippen LogP contribution is 2.20. The number of urea groups is 1. The molecule has 0 saturated heterocycles. The first kappa shape index (κ1) is 16.5. The number of nitrogens with zero attached hydrogens (tertiary/aromatic N) is 1. The van der Waals surface area contributed by atoms with Crippen molar-refractivity contribution >= 4 is 6.03 Å². The van der Waals surface area contributed by atoms with Crippen LogP contribution in [0.1, 0.15) is 0 Å². The lowest BCUT2D eigenvalue weighted by Gasteiger charge is -2.26. The number of hydrogen-bond donors (Lipinski definition) is 2. The van der Waals surface area contributed by atoms with E-state index < -0.39 is 24.9 Å². The fourth-order valence-electron chi connectivity index (χ4n) is 1.03. The first-order chi connectivity index (χ1) is 8.32. The van der Waals surface area contributed by atoms with E-state index in [1.165, 1.54) is 7.11 Å². The van der Waals surface area contributed by atoms with Crippen LogP contribution in [0, 0.1) is 12.3 Å². The van der Waals surface area contributed by atoms with E-state index in [0.717, 1.165) is 4.90 Å². The van der Waals surface area contributed by atoms with E-state index in [2.05, 4.69) is 16.0 Å². The molecule has 2 N–H and O–H groups in total. The number of carbonyl (C=O) groups excluding carboxylic acids is 1. The molecular weight excluding hydrogens is 253 g/mol. The van der Waals surface area contributed by atoms with Gasteiger partial charge in [0.15, 0.2) is 6.10 Å². The molecule has 1 unspecified atom stereocenters. The van der Waals surface area contributed by atoms with E-state index >= 15 is 0 Å². The van der Waals surface area contributed by atoms with Gasteiger partial charge in [-0.25, -0.2) is 4.79 Å². The summed E-state index contributed by atoms with van der Waals surface area (Å²) in [5.74, 6) is 2.12. The van der Waals surface area contributed by atoms with Crippen molar-refractivity contribution in [3.05, 3.63) is 0 Å². The maximum Gasteiger partial charge on any atom is 0.416 e. The molecule has 8 heteroatoms. The average Bonchev–Trinajstić information content (AvgIpc) is 2.29. The van der Waals surface area contributed by atoms with Crippen molar-refractivity contribution in [2.75, 3.05) is 33.4 Å². The highest BCUT2D eigenvalue weighted by atomic mass is 19.4. The number of halogens is 3. The molecule has 1 atom stereocenters. The van der Waals surface area contributed by atoms with E-state index in [0.29, 0.717) is 0 Å². The number of rotatable bonds is 6. The van der Waals surface area contributed by atoms with Gasteiger partial charge in [0.2, 0.25) is 0 Å². The SMILES string of the molecule is C#CCNC(=O)N(CCOC)CC(O)C(F)(F)F. The van der Waals surface area contributed by atoms with Crippen LogP contribution >= 0.6 is 0 Å². The lowest BCUT2D eigenvalue weighted by atomic mass is 10.3. The van der Waals surface area contributed by atoms with Crippen molar-refractivity contribution in [1.29, 1.82) is 0 Å². The third kappa shape index (κ3) is 6.32. The lowest BCUT2D eigenvalue weighted by Crippen LogP contribution is -2.48. The molecule has 0 aromatic rings. The molecule has 2 amide bonds. The summed E-state index contributed by atoms with van der Waals surface area (Å²) >= 11 is 0. The number of ether oxygens (including phenoxy) is 1. The van der Waals surface area contributed by atoms with Gasteiger partial charge >= 0.3 is 12.2 Å². The molecule has 0 aromatic heterocycles. The Kier molecular flexibility index (Phi) is 7.16. The molecule has 5 nitrogen and oxygen atoms in total. The van der Waals surface area contributed by atoms with E-state index in [1.807, 2.05) is 0 Å². The molecule has 0 aliphatic rings. The second-order valence-electron chi connectivity index (χ2n) is 3.36. The molecule has 0 radical (unpaired) electrons. The van der Waals surface area contributed by atoms with Crippen LogP contribution < -0.4 is 5.32 Å². The van der Waals surface area contributed by atoms with Gasteiger partial charge in [-0.15, -0.1) is 6.42 Å². The number of nitrogens with one attached hydrogen (secondary N) is 1. The van der Waals surface area contributed by atoms with Crippen LogP contribution in [-0.4, -0.2) is 61.7 Å². The number of aliphatic hydroxyl groups excluding tert-OH is 1. The summed E-state index contributed by atoms with van der Waals surface area (Å²) in [6.07, 6.45) is -2.48. The Morgan fingerprint density at radius 2 is 2.22 bits per heavy atom. The normalized spacial score (nSPS) is 12.7. The van der Waals surface area contributed by atoms with Gasteiger partial charge in [-0.05, 0) is 0 Å². The fraction of sp³-hybridized carbons (Fsp3) is 0.700. The zero-order valence-corrected chi connectivity index (χ0v) is 9.83. The van der Waals surface area contributed by atoms with Crippen molar-refractivity contribution in [1.82, 2.24) is 10.2 Å². The summed E-state index contributed by atoms with van der Waals surface area (Å²) in [4.78, 5) is 12.2. The monoisotopic (exact) mass is 268 g/mol. The van der Waals surface area contributed by atoms with Gasteiger partial charge in [0.1, 0.15) is 0 Å². The fourth-order valence-corrected chi connectivity index (χ4v) is 1.03. The Morgan fingerprint density at radius 1 is 1.61 bits per heavy atom. The van der Waals surface area contributed by atoms with Gasteiger partial charge in [-0.1, -0.05) is 5.92 Å². The third-order valence-corrected chi connectivity index (χ3v) is 1.97. The molecule has 0 saturated carbocycles. The lowest BCUT2D eigenvalue weighted by molar-refractivity contribution is -0.206.